The fourth-order valence-electron chi connectivity index (χ4n) is 2.14. The van der Waals surface area contributed by atoms with Crippen molar-refractivity contribution in [2.75, 3.05) is 39.6 Å². The third kappa shape index (κ3) is 5.76. The van der Waals surface area contributed by atoms with Crippen molar-refractivity contribution in [3.05, 3.63) is 0 Å². The van der Waals surface area contributed by atoms with E-state index in [0.717, 1.165) is 0 Å². The van der Waals surface area contributed by atoms with E-state index in [4.69, 9.17) is 18.9 Å². The maximum absolute atomic E-state index is 9.38. The molecule has 132 valence electrons. The molecule has 0 amide bonds. The highest BCUT2D eigenvalue weighted by molar-refractivity contribution is 4.89. The van der Waals surface area contributed by atoms with Gasteiger partial charge in [0.1, 0.15) is 12.2 Å². The van der Waals surface area contributed by atoms with Crippen LogP contribution in [-0.2, 0) is 18.9 Å². The van der Waals surface area contributed by atoms with Crippen molar-refractivity contribution in [1.82, 2.24) is 0 Å². The lowest BCUT2D eigenvalue weighted by atomic mass is 9.89. The summed E-state index contributed by atoms with van der Waals surface area (Å²) in [6.45, 7) is 9.71. The number of ether oxygens (including phenoxy) is 4. The second-order valence-electron chi connectivity index (χ2n) is 6.61. The van der Waals surface area contributed by atoms with Crippen molar-refractivity contribution in [2.24, 2.45) is 0 Å². The maximum atomic E-state index is 9.38. The Kier molecular flexibility index (Phi) is 8.24. The van der Waals surface area contributed by atoms with Gasteiger partial charge in [-0.1, -0.05) is 0 Å². The average molecular weight is 320 g/mol. The molecule has 1 saturated heterocycles. The van der Waals surface area contributed by atoms with Crippen LogP contribution in [0.1, 0.15) is 40.5 Å². The van der Waals surface area contributed by atoms with Crippen molar-refractivity contribution in [3.8, 4) is 0 Å². The Morgan fingerprint density at radius 1 is 0.727 bits per heavy atom. The Balaban J connectivity index is 2.65. The highest BCUT2D eigenvalue weighted by Crippen LogP contribution is 2.29. The summed E-state index contributed by atoms with van der Waals surface area (Å²) < 4.78 is 23.2. The summed E-state index contributed by atoms with van der Waals surface area (Å²) in [5, 5.41) is 18.8. The Morgan fingerprint density at radius 2 is 1.09 bits per heavy atom. The minimum Gasteiger partial charge on any atom is -0.394 e. The maximum Gasteiger partial charge on any atom is 0.109 e. The lowest BCUT2D eigenvalue weighted by Crippen LogP contribution is -2.50. The molecule has 1 unspecified atom stereocenters. The molecule has 1 aliphatic heterocycles. The van der Waals surface area contributed by atoms with E-state index >= 15 is 0 Å². The molecule has 2 atom stereocenters. The SMILES string of the molecule is CC1(C)OCCCOC(CO)[C@@H](CO)OCCCOC1(C)C. The van der Waals surface area contributed by atoms with Gasteiger partial charge in [0.05, 0.1) is 24.4 Å². The minimum absolute atomic E-state index is 0.179. The van der Waals surface area contributed by atoms with E-state index in [1.54, 1.807) is 0 Å². The molecule has 6 nitrogen and oxygen atoms in total. The van der Waals surface area contributed by atoms with Gasteiger partial charge in [-0.3, -0.25) is 0 Å². The minimum atomic E-state index is -0.515. The number of rotatable bonds is 2. The Morgan fingerprint density at radius 3 is 1.41 bits per heavy atom. The Labute approximate surface area is 133 Å². The average Bonchev–Trinajstić information content (AvgIpc) is 2.46. The summed E-state index contributed by atoms with van der Waals surface area (Å²) in [6, 6.07) is 0. The first-order valence-electron chi connectivity index (χ1n) is 8.07. The molecule has 0 aromatic rings. The largest absolute Gasteiger partial charge is 0.394 e. The van der Waals surface area contributed by atoms with Crippen molar-refractivity contribution in [3.63, 3.8) is 0 Å². The zero-order valence-corrected chi connectivity index (χ0v) is 14.3. The van der Waals surface area contributed by atoms with Gasteiger partial charge in [0.2, 0.25) is 0 Å². The third-order valence-electron chi connectivity index (χ3n) is 4.39. The smallest absolute Gasteiger partial charge is 0.109 e. The highest BCUT2D eigenvalue weighted by Gasteiger charge is 2.39. The topological polar surface area (TPSA) is 77.4 Å². The van der Waals surface area contributed by atoms with E-state index in [-0.39, 0.29) is 13.2 Å². The van der Waals surface area contributed by atoms with E-state index in [1.165, 1.54) is 0 Å². The second kappa shape index (κ2) is 9.15. The van der Waals surface area contributed by atoms with Crippen LogP contribution in [0.3, 0.4) is 0 Å². The molecule has 6 heteroatoms. The first-order valence-corrected chi connectivity index (χ1v) is 8.07. The van der Waals surface area contributed by atoms with Gasteiger partial charge < -0.3 is 29.2 Å². The van der Waals surface area contributed by atoms with Crippen LogP contribution in [0.15, 0.2) is 0 Å². The van der Waals surface area contributed by atoms with E-state index in [0.29, 0.717) is 39.3 Å². The van der Waals surface area contributed by atoms with E-state index in [1.807, 2.05) is 27.7 Å². The van der Waals surface area contributed by atoms with Gasteiger partial charge in [0.25, 0.3) is 0 Å². The monoisotopic (exact) mass is 320 g/mol. The molecule has 2 N–H and O–H groups in total. The molecule has 1 heterocycles. The summed E-state index contributed by atoms with van der Waals surface area (Å²) in [5.74, 6) is 0. The number of hydrogen-bond acceptors (Lipinski definition) is 6. The molecule has 0 saturated carbocycles. The van der Waals surface area contributed by atoms with E-state index < -0.39 is 23.4 Å². The molecule has 1 fully saturated rings. The summed E-state index contributed by atoms with van der Waals surface area (Å²) in [5.41, 5.74) is -0.829. The lowest BCUT2D eigenvalue weighted by molar-refractivity contribution is -0.185. The Bertz CT molecular complexity index is 275. The lowest BCUT2D eigenvalue weighted by Gasteiger charge is -2.41. The van der Waals surface area contributed by atoms with Gasteiger partial charge >= 0.3 is 0 Å². The zero-order chi connectivity index (χ0) is 16.6. The van der Waals surface area contributed by atoms with Crippen LogP contribution in [0.2, 0.25) is 0 Å². The van der Waals surface area contributed by atoms with Gasteiger partial charge in [-0.15, -0.1) is 0 Å². The molecule has 0 aromatic heterocycles. The zero-order valence-electron chi connectivity index (χ0n) is 14.3. The van der Waals surface area contributed by atoms with Crippen LogP contribution in [0.4, 0.5) is 0 Å². The predicted molar refractivity (Wildman–Crippen MR) is 82.9 cm³/mol. The summed E-state index contributed by atoms with van der Waals surface area (Å²) >= 11 is 0. The van der Waals surface area contributed by atoms with Gasteiger partial charge in [-0.2, -0.15) is 0 Å². The second-order valence-corrected chi connectivity index (χ2v) is 6.61. The third-order valence-corrected chi connectivity index (χ3v) is 4.39. The Hall–Kier alpha value is -0.240. The van der Waals surface area contributed by atoms with Crippen LogP contribution in [0.25, 0.3) is 0 Å². The van der Waals surface area contributed by atoms with Gasteiger partial charge in [-0.25, -0.2) is 0 Å². The first kappa shape index (κ1) is 19.8. The first-order chi connectivity index (χ1) is 10.3. The van der Waals surface area contributed by atoms with Crippen LogP contribution < -0.4 is 0 Å². The molecular formula is C16H32O6. The van der Waals surface area contributed by atoms with Gasteiger partial charge in [-0.05, 0) is 40.5 Å². The fraction of sp³-hybridized carbons (Fsp3) is 1.00. The van der Waals surface area contributed by atoms with Crippen molar-refractivity contribution >= 4 is 0 Å². The molecule has 0 spiro atoms. The van der Waals surface area contributed by atoms with Crippen LogP contribution in [0.5, 0.6) is 0 Å². The highest BCUT2D eigenvalue weighted by atomic mass is 16.6. The fourth-order valence-corrected chi connectivity index (χ4v) is 2.14. The molecule has 22 heavy (non-hydrogen) atoms. The van der Waals surface area contributed by atoms with Crippen LogP contribution in [-0.4, -0.2) is 73.3 Å². The van der Waals surface area contributed by atoms with E-state index in [9.17, 15) is 10.2 Å². The standard InChI is InChI=1S/C16H32O6/c1-15(2)16(3,4)22-10-6-8-20-14(12-18)13(11-17)19-7-5-9-21-15/h13-14,17-18H,5-12H2,1-4H3/t13-,14?/m1/s1. The molecule has 0 bridgehead atoms. The number of hydrogen-bond donors (Lipinski definition) is 2. The van der Waals surface area contributed by atoms with E-state index in [2.05, 4.69) is 0 Å². The van der Waals surface area contributed by atoms with Crippen molar-refractivity contribution in [2.45, 2.75) is 63.9 Å². The van der Waals surface area contributed by atoms with Gasteiger partial charge in [0, 0.05) is 26.4 Å². The molecule has 0 aromatic carbocycles. The summed E-state index contributed by atoms with van der Waals surface area (Å²) in [4.78, 5) is 0. The normalized spacial score (nSPS) is 31.4. The number of aliphatic hydroxyl groups excluding tert-OH is 2. The summed E-state index contributed by atoms with van der Waals surface area (Å²) in [6.07, 6.45) is 0.374. The molecule has 1 rings (SSSR count). The quantitative estimate of drug-likeness (QED) is 0.794. The van der Waals surface area contributed by atoms with Crippen molar-refractivity contribution in [1.29, 1.82) is 0 Å². The predicted octanol–water partition coefficient (Wildman–Crippen LogP) is 1.13. The number of aliphatic hydroxyl groups is 2. The van der Waals surface area contributed by atoms with Crippen molar-refractivity contribution < 1.29 is 29.2 Å². The molecule has 1 aliphatic rings. The molecular weight excluding hydrogens is 288 g/mol. The molecule has 0 aliphatic carbocycles. The van der Waals surface area contributed by atoms with Crippen LogP contribution >= 0.6 is 0 Å². The van der Waals surface area contributed by atoms with Crippen LogP contribution in [0, 0.1) is 0 Å². The van der Waals surface area contributed by atoms with Gasteiger partial charge in [0.15, 0.2) is 0 Å². The molecule has 0 radical (unpaired) electrons. The summed E-state index contributed by atoms with van der Waals surface area (Å²) in [7, 11) is 0.